The van der Waals surface area contributed by atoms with Crippen LogP contribution in [-0.2, 0) is 6.54 Å². The maximum atomic E-state index is 12.5. The van der Waals surface area contributed by atoms with Crippen molar-refractivity contribution in [1.29, 1.82) is 0 Å². The van der Waals surface area contributed by atoms with Crippen molar-refractivity contribution in [2.45, 2.75) is 25.4 Å². The summed E-state index contributed by atoms with van der Waals surface area (Å²) in [5, 5.41) is 5.93. The standard InChI is InChI=1S/C22H29N3O4/c1-27-19-13-18(14-20(28-2)21(19)29-3)24-22(26)23-17-9-11-25(12-10-17)15-16-7-5-4-6-8-16/h4-8,13-14,17H,9-12,15H2,1-3H3,(H2,23,24,26). The molecule has 1 saturated heterocycles. The minimum Gasteiger partial charge on any atom is -0.493 e. The number of hydrogen-bond donors (Lipinski definition) is 2. The molecule has 0 aliphatic carbocycles. The summed E-state index contributed by atoms with van der Waals surface area (Å²) in [5.74, 6) is 1.49. The predicted octanol–water partition coefficient (Wildman–Crippen LogP) is 3.50. The number of nitrogens with zero attached hydrogens (tertiary/aromatic N) is 1. The Bertz CT molecular complexity index is 780. The molecule has 0 unspecified atom stereocenters. The first-order valence-corrected chi connectivity index (χ1v) is 9.76. The van der Waals surface area contributed by atoms with E-state index in [0.717, 1.165) is 32.5 Å². The first-order chi connectivity index (χ1) is 14.1. The molecule has 1 fully saturated rings. The highest BCUT2D eigenvalue weighted by Crippen LogP contribution is 2.39. The fraction of sp³-hybridized carbons (Fsp3) is 0.409. The fourth-order valence-electron chi connectivity index (χ4n) is 3.58. The number of rotatable bonds is 7. The number of likely N-dealkylation sites (tertiary alicyclic amines) is 1. The van der Waals surface area contributed by atoms with Gasteiger partial charge in [-0.1, -0.05) is 30.3 Å². The average Bonchev–Trinajstić information content (AvgIpc) is 2.75. The topological polar surface area (TPSA) is 72.1 Å². The van der Waals surface area contributed by atoms with Crippen molar-refractivity contribution in [3.8, 4) is 17.2 Å². The number of methoxy groups -OCH3 is 3. The first-order valence-electron chi connectivity index (χ1n) is 9.76. The summed E-state index contributed by atoms with van der Waals surface area (Å²) in [6.45, 7) is 2.87. The second kappa shape index (κ2) is 10.0. The summed E-state index contributed by atoms with van der Waals surface area (Å²) in [4.78, 5) is 14.9. The lowest BCUT2D eigenvalue weighted by atomic mass is 10.0. The number of amides is 2. The lowest BCUT2D eigenvalue weighted by molar-refractivity contribution is 0.190. The Morgan fingerprint density at radius 2 is 1.62 bits per heavy atom. The minimum atomic E-state index is -0.235. The summed E-state index contributed by atoms with van der Waals surface area (Å²) >= 11 is 0. The van der Waals surface area contributed by atoms with Crippen molar-refractivity contribution in [2.24, 2.45) is 0 Å². The van der Waals surface area contributed by atoms with Gasteiger partial charge in [-0.2, -0.15) is 0 Å². The van der Waals surface area contributed by atoms with E-state index in [-0.39, 0.29) is 12.1 Å². The maximum Gasteiger partial charge on any atom is 0.319 e. The number of anilines is 1. The highest BCUT2D eigenvalue weighted by atomic mass is 16.5. The van der Waals surface area contributed by atoms with E-state index in [2.05, 4.69) is 39.8 Å². The molecule has 2 N–H and O–H groups in total. The van der Waals surface area contributed by atoms with E-state index in [0.29, 0.717) is 22.9 Å². The van der Waals surface area contributed by atoms with Crippen LogP contribution in [0.4, 0.5) is 10.5 Å². The van der Waals surface area contributed by atoms with Gasteiger partial charge in [-0.05, 0) is 18.4 Å². The van der Waals surface area contributed by atoms with E-state index < -0.39 is 0 Å². The number of piperidine rings is 1. The number of carbonyl (C=O) groups excluding carboxylic acids is 1. The van der Waals surface area contributed by atoms with Gasteiger partial charge in [0.2, 0.25) is 5.75 Å². The van der Waals surface area contributed by atoms with Crippen LogP contribution in [0, 0.1) is 0 Å². The van der Waals surface area contributed by atoms with E-state index in [1.54, 1.807) is 33.5 Å². The van der Waals surface area contributed by atoms with E-state index in [1.807, 2.05) is 6.07 Å². The molecule has 0 spiro atoms. The lowest BCUT2D eigenvalue weighted by Crippen LogP contribution is -2.45. The Morgan fingerprint density at radius 3 is 2.17 bits per heavy atom. The zero-order valence-electron chi connectivity index (χ0n) is 17.2. The van der Waals surface area contributed by atoms with Gasteiger partial charge in [0.05, 0.1) is 27.0 Å². The highest BCUT2D eigenvalue weighted by molar-refractivity contribution is 5.90. The molecule has 29 heavy (non-hydrogen) atoms. The number of urea groups is 1. The molecule has 3 rings (SSSR count). The molecule has 2 amide bonds. The van der Waals surface area contributed by atoms with Crippen LogP contribution in [0.1, 0.15) is 18.4 Å². The SMILES string of the molecule is COc1cc(NC(=O)NC2CCN(Cc3ccccc3)CC2)cc(OC)c1OC. The van der Waals surface area contributed by atoms with Crippen molar-refractivity contribution in [1.82, 2.24) is 10.2 Å². The quantitative estimate of drug-likeness (QED) is 0.746. The largest absolute Gasteiger partial charge is 0.493 e. The van der Waals surface area contributed by atoms with Crippen LogP contribution in [0.25, 0.3) is 0 Å². The van der Waals surface area contributed by atoms with Crippen LogP contribution in [0.3, 0.4) is 0 Å². The molecule has 156 valence electrons. The van der Waals surface area contributed by atoms with Crippen molar-refractivity contribution < 1.29 is 19.0 Å². The minimum absolute atomic E-state index is 0.157. The molecule has 0 aromatic heterocycles. The van der Waals surface area contributed by atoms with Gasteiger partial charge in [0.15, 0.2) is 11.5 Å². The van der Waals surface area contributed by atoms with Crippen LogP contribution in [0.15, 0.2) is 42.5 Å². The summed E-state index contributed by atoms with van der Waals surface area (Å²) < 4.78 is 16.0. The molecule has 0 radical (unpaired) electrons. The van der Waals surface area contributed by atoms with Gasteiger partial charge in [0.1, 0.15) is 0 Å². The number of hydrogen-bond acceptors (Lipinski definition) is 5. The van der Waals surface area contributed by atoms with Crippen molar-refractivity contribution in [2.75, 3.05) is 39.7 Å². The second-order valence-electron chi connectivity index (χ2n) is 7.05. The summed E-state index contributed by atoms with van der Waals surface area (Å²) in [6.07, 6.45) is 1.85. The second-order valence-corrected chi connectivity index (χ2v) is 7.05. The Kier molecular flexibility index (Phi) is 7.19. The zero-order chi connectivity index (χ0) is 20.6. The van der Waals surface area contributed by atoms with Crippen molar-refractivity contribution in [3.63, 3.8) is 0 Å². The van der Waals surface area contributed by atoms with Crippen LogP contribution in [0.5, 0.6) is 17.2 Å². The normalized spacial score (nSPS) is 14.9. The number of ether oxygens (including phenoxy) is 3. The van der Waals surface area contributed by atoms with E-state index in [9.17, 15) is 4.79 Å². The molecule has 7 heteroatoms. The van der Waals surface area contributed by atoms with Gasteiger partial charge in [0, 0.05) is 37.8 Å². The molecular weight excluding hydrogens is 370 g/mol. The smallest absolute Gasteiger partial charge is 0.319 e. The van der Waals surface area contributed by atoms with Gasteiger partial charge in [0.25, 0.3) is 0 Å². The first kappa shape index (κ1) is 20.8. The third kappa shape index (κ3) is 5.54. The maximum absolute atomic E-state index is 12.5. The molecule has 0 atom stereocenters. The molecule has 2 aromatic carbocycles. The molecule has 7 nitrogen and oxygen atoms in total. The summed E-state index contributed by atoms with van der Waals surface area (Å²) in [7, 11) is 4.64. The molecular formula is C22H29N3O4. The van der Waals surface area contributed by atoms with Gasteiger partial charge >= 0.3 is 6.03 Å². The van der Waals surface area contributed by atoms with E-state index in [4.69, 9.17) is 14.2 Å². The van der Waals surface area contributed by atoms with E-state index in [1.165, 1.54) is 5.56 Å². The summed E-state index contributed by atoms with van der Waals surface area (Å²) in [6, 6.07) is 13.8. The van der Waals surface area contributed by atoms with Gasteiger partial charge < -0.3 is 24.8 Å². The average molecular weight is 399 g/mol. The molecule has 0 bridgehead atoms. The molecule has 0 saturated carbocycles. The van der Waals surface area contributed by atoms with Crippen LogP contribution < -0.4 is 24.8 Å². The van der Waals surface area contributed by atoms with Crippen LogP contribution in [0.2, 0.25) is 0 Å². The number of nitrogens with one attached hydrogen (secondary N) is 2. The Hall–Kier alpha value is -2.93. The third-order valence-corrected chi connectivity index (χ3v) is 5.09. The van der Waals surface area contributed by atoms with Crippen LogP contribution in [-0.4, -0.2) is 51.4 Å². The Morgan fingerprint density at radius 1 is 1.00 bits per heavy atom. The van der Waals surface area contributed by atoms with E-state index >= 15 is 0 Å². The number of carbonyl (C=O) groups is 1. The predicted molar refractivity (Wildman–Crippen MR) is 113 cm³/mol. The van der Waals surface area contributed by atoms with Gasteiger partial charge in [-0.15, -0.1) is 0 Å². The lowest BCUT2D eigenvalue weighted by Gasteiger charge is -2.32. The van der Waals surface area contributed by atoms with Gasteiger partial charge in [-0.3, -0.25) is 4.90 Å². The fourth-order valence-corrected chi connectivity index (χ4v) is 3.58. The monoisotopic (exact) mass is 399 g/mol. The van der Waals surface area contributed by atoms with Crippen molar-refractivity contribution in [3.05, 3.63) is 48.0 Å². The molecule has 2 aromatic rings. The van der Waals surface area contributed by atoms with Crippen molar-refractivity contribution >= 4 is 11.7 Å². The summed E-state index contributed by atoms with van der Waals surface area (Å²) in [5.41, 5.74) is 1.90. The highest BCUT2D eigenvalue weighted by Gasteiger charge is 2.21. The molecule has 1 aliphatic rings. The molecule has 1 heterocycles. The third-order valence-electron chi connectivity index (χ3n) is 5.09. The Balaban J connectivity index is 1.51. The number of benzene rings is 2. The Labute approximate surface area is 171 Å². The molecule has 1 aliphatic heterocycles. The zero-order valence-corrected chi connectivity index (χ0v) is 17.2. The van der Waals surface area contributed by atoms with Crippen LogP contribution >= 0.6 is 0 Å². The van der Waals surface area contributed by atoms with Gasteiger partial charge in [-0.25, -0.2) is 4.79 Å².